The lowest BCUT2D eigenvalue weighted by Crippen LogP contribution is -2.59. The first-order chi connectivity index (χ1) is 13.0. The summed E-state index contributed by atoms with van der Waals surface area (Å²) >= 11 is 0. The van der Waals surface area contributed by atoms with Crippen LogP contribution >= 0.6 is 0 Å². The number of nitrogens with zero attached hydrogens (tertiary/aromatic N) is 1. The van der Waals surface area contributed by atoms with Crippen LogP contribution in [0, 0.1) is 0 Å². The summed E-state index contributed by atoms with van der Waals surface area (Å²) in [6, 6.07) is 16.2. The molecule has 1 aliphatic heterocycles. The number of sulfone groups is 1. The Balaban J connectivity index is 1.43. The molecule has 2 aromatic rings. The minimum atomic E-state index is -3.43. The minimum absolute atomic E-state index is 0.204. The number of hydrogen-bond acceptors (Lipinski definition) is 4. The fourth-order valence-corrected chi connectivity index (χ4v) is 4.66. The average molecular weight is 388 g/mol. The molecule has 1 heterocycles. The number of methoxy groups -OCH3 is 1. The summed E-state index contributed by atoms with van der Waals surface area (Å²) < 4.78 is 30.3. The van der Waals surface area contributed by atoms with Gasteiger partial charge in [0.2, 0.25) is 0 Å². The minimum Gasteiger partial charge on any atom is -0.497 e. The van der Waals surface area contributed by atoms with Gasteiger partial charge in [-0.05, 0) is 42.7 Å². The number of carbonyl (C=O) groups excluding carboxylic acids is 1. The second-order valence-corrected chi connectivity index (χ2v) is 8.80. The Bertz CT molecular complexity index is 861. The zero-order chi connectivity index (χ0) is 19.3. The molecule has 27 heavy (non-hydrogen) atoms. The van der Waals surface area contributed by atoms with Gasteiger partial charge in [0.25, 0.3) is 0 Å². The second kappa shape index (κ2) is 8.43. The molecule has 0 radical (unpaired) electrons. The molecule has 144 valence electrons. The van der Waals surface area contributed by atoms with Crippen LogP contribution in [0.4, 0.5) is 4.79 Å². The molecule has 0 unspecified atom stereocenters. The summed E-state index contributed by atoms with van der Waals surface area (Å²) in [5.74, 6) is 0.610. The van der Waals surface area contributed by atoms with Crippen molar-refractivity contribution in [2.45, 2.75) is 23.0 Å². The number of aryl methyl sites for hydroxylation is 1. The van der Waals surface area contributed by atoms with E-state index >= 15 is 0 Å². The maximum Gasteiger partial charge on any atom is 0.317 e. The van der Waals surface area contributed by atoms with E-state index in [1.165, 1.54) is 17.6 Å². The van der Waals surface area contributed by atoms with Gasteiger partial charge in [-0.1, -0.05) is 30.3 Å². The first-order valence-electron chi connectivity index (χ1n) is 8.95. The van der Waals surface area contributed by atoms with E-state index in [2.05, 4.69) is 17.4 Å². The van der Waals surface area contributed by atoms with E-state index in [1.807, 2.05) is 18.2 Å². The Morgan fingerprint density at radius 1 is 1.11 bits per heavy atom. The monoisotopic (exact) mass is 388 g/mol. The van der Waals surface area contributed by atoms with E-state index in [0.717, 1.165) is 12.8 Å². The quantitative estimate of drug-likeness (QED) is 0.740. The molecular formula is C20H24N2O4S. The number of benzene rings is 2. The van der Waals surface area contributed by atoms with Gasteiger partial charge >= 0.3 is 6.03 Å². The Hall–Kier alpha value is -2.54. The molecule has 2 aromatic carbocycles. The van der Waals surface area contributed by atoms with Gasteiger partial charge in [-0.15, -0.1) is 0 Å². The van der Waals surface area contributed by atoms with Gasteiger partial charge in [-0.3, -0.25) is 0 Å². The summed E-state index contributed by atoms with van der Waals surface area (Å²) in [4.78, 5) is 13.9. The summed E-state index contributed by atoms with van der Waals surface area (Å²) in [5.41, 5.74) is 1.24. The predicted octanol–water partition coefficient (Wildman–Crippen LogP) is 2.50. The molecule has 0 aliphatic carbocycles. The smallest absolute Gasteiger partial charge is 0.317 e. The number of hydrogen-bond donors (Lipinski definition) is 1. The van der Waals surface area contributed by atoms with Crippen LogP contribution in [0.15, 0.2) is 59.5 Å². The molecule has 2 amide bonds. The van der Waals surface area contributed by atoms with E-state index in [0.29, 0.717) is 12.3 Å². The molecule has 1 fully saturated rings. The molecular weight excluding hydrogens is 364 g/mol. The number of carbonyl (C=O) groups is 1. The first-order valence-corrected chi connectivity index (χ1v) is 10.5. The number of likely N-dealkylation sites (tertiary alicyclic amines) is 1. The van der Waals surface area contributed by atoms with Crippen LogP contribution in [0.5, 0.6) is 5.75 Å². The molecule has 0 aromatic heterocycles. The van der Waals surface area contributed by atoms with Crippen LogP contribution in [0.1, 0.15) is 12.0 Å². The number of ether oxygens (including phenoxy) is 1. The van der Waals surface area contributed by atoms with Gasteiger partial charge < -0.3 is 15.0 Å². The van der Waals surface area contributed by atoms with Crippen LogP contribution < -0.4 is 10.1 Å². The molecule has 1 aliphatic rings. The Kier molecular flexibility index (Phi) is 6.01. The van der Waals surface area contributed by atoms with Crippen molar-refractivity contribution in [1.29, 1.82) is 0 Å². The molecule has 6 nitrogen and oxygen atoms in total. The van der Waals surface area contributed by atoms with E-state index in [-0.39, 0.29) is 24.0 Å². The molecule has 3 rings (SSSR count). The third-order valence-corrected chi connectivity index (χ3v) is 6.83. The van der Waals surface area contributed by atoms with Crippen molar-refractivity contribution in [2.75, 3.05) is 26.7 Å². The van der Waals surface area contributed by atoms with Gasteiger partial charge in [0, 0.05) is 19.6 Å². The third kappa shape index (κ3) is 4.60. The van der Waals surface area contributed by atoms with Gasteiger partial charge in [-0.25, -0.2) is 13.2 Å². The standard InChI is InChI=1S/C20H24N2O4S/c1-26-17-9-11-18(12-10-17)27(24,25)19-14-22(15-19)20(23)21-13-5-8-16-6-3-2-4-7-16/h2-4,6-7,9-12,19H,5,8,13-15H2,1H3,(H,21,23). The maximum atomic E-state index is 12.6. The molecule has 0 atom stereocenters. The number of nitrogens with one attached hydrogen (secondary N) is 1. The Morgan fingerprint density at radius 3 is 2.41 bits per heavy atom. The first kappa shape index (κ1) is 19.2. The molecule has 1 saturated heterocycles. The van der Waals surface area contributed by atoms with E-state index < -0.39 is 15.1 Å². The van der Waals surface area contributed by atoms with Crippen molar-refractivity contribution in [3.05, 3.63) is 60.2 Å². The molecule has 0 bridgehead atoms. The van der Waals surface area contributed by atoms with Crippen molar-refractivity contribution in [2.24, 2.45) is 0 Å². The van der Waals surface area contributed by atoms with Crippen LogP contribution in [0.25, 0.3) is 0 Å². The van der Waals surface area contributed by atoms with Crippen molar-refractivity contribution in [3.63, 3.8) is 0 Å². The number of amides is 2. The summed E-state index contributed by atoms with van der Waals surface area (Å²) in [7, 11) is -1.90. The predicted molar refractivity (Wildman–Crippen MR) is 104 cm³/mol. The van der Waals surface area contributed by atoms with Gasteiger partial charge in [0.1, 0.15) is 11.0 Å². The zero-order valence-corrected chi connectivity index (χ0v) is 16.1. The molecule has 0 spiro atoms. The summed E-state index contributed by atoms with van der Waals surface area (Å²) in [6.45, 7) is 1.01. The van der Waals surface area contributed by atoms with Crippen molar-refractivity contribution in [3.8, 4) is 5.75 Å². The van der Waals surface area contributed by atoms with Crippen LogP contribution in [0.3, 0.4) is 0 Å². The van der Waals surface area contributed by atoms with Gasteiger partial charge in [0.05, 0.1) is 12.0 Å². The maximum absolute atomic E-state index is 12.6. The molecule has 7 heteroatoms. The third-order valence-electron chi connectivity index (χ3n) is 4.72. The normalized spacial score (nSPS) is 14.5. The highest BCUT2D eigenvalue weighted by molar-refractivity contribution is 7.92. The van der Waals surface area contributed by atoms with Crippen molar-refractivity contribution >= 4 is 15.9 Å². The highest BCUT2D eigenvalue weighted by atomic mass is 32.2. The molecule has 0 saturated carbocycles. The average Bonchev–Trinajstić information content (AvgIpc) is 2.65. The van der Waals surface area contributed by atoms with E-state index in [1.54, 1.807) is 24.3 Å². The fourth-order valence-electron chi connectivity index (χ4n) is 3.00. The molecule has 1 N–H and O–H groups in total. The topological polar surface area (TPSA) is 75.7 Å². The van der Waals surface area contributed by atoms with Gasteiger partial charge in [0.15, 0.2) is 9.84 Å². The fraction of sp³-hybridized carbons (Fsp3) is 0.350. The van der Waals surface area contributed by atoms with Crippen molar-refractivity contribution < 1.29 is 17.9 Å². The second-order valence-electron chi connectivity index (χ2n) is 6.57. The summed E-state index contributed by atoms with van der Waals surface area (Å²) in [6.07, 6.45) is 1.74. The van der Waals surface area contributed by atoms with Gasteiger partial charge in [-0.2, -0.15) is 0 Å². The number of rotatable bonds is 7. The van der Waals surface area contributed by atoms with Crippen LogP contribution in [-0.4, -0.2) is 51.3 Å². The highest BCUT2D eigenvalue weighted by Gasteiger charge is 2.40. The van der Waals surface area contributed by atoms with Crippen LogP contribution in [0.2, 0.25) is 0 Å². The zero-order valence-electron chi connectivity index (χ0n) is 15.3. The Labute approximate surface area is 160 Å². The lowest BCUT2D eigenvalue weighted by molar-refractivity contribution is 0.169. The van der Waals surface area contributed by atoms with Crippen molar-refractivity contribution in [1.82, 2.24) is 10.2 Å². The summed E-state index contributed by atoms with van der Waals surface area (Å²) in [5, 5.41) is 2.30. The largest absolute Gasteiger partial charge is 0.497 e. The lowest BCUT2D eigenvalue weighted by atomic mass is 10.1. The SMILES string of the molecule is COc1ccc(S(=O)(=O)C2CN(C(=O)NCCCc3ccccc3)C2)cc1. The van der Waals surface area contributed by atoms with E-state index in [4.69, 9.17) is 4.74 Å². The lowest BCUT2D eigenvalue weighted by Gasteiger charge is -2.38. The van der Waals surface area contributed by atoms with E-state index in [9.17, 15) is 13.2 Å². The van der Waals surface area contributed by atoms with Crippen LogP contribution in [-0.2, 0) is 16.3 Å². The Morgan fingerprint density at radius 2 is 1.78 bits per heavy atom. The highest BCUT2D eigenvalue weighted by Crippen LogP contribution is 2.25. The number of urea groups is 1.